The van der Waals surface area contributed by atoms with Crippen LogP contribution in [0.15, 0.2) is 54.0 Å². The SMILES string of the molecule is CCCOc1cc(-n2c(-c3cncn3C)nc3cc(-c4cnn(C)c4)c(F)cc32)cc2c1n(C)c(=O)n2C. The summed E-state index contributed by atoms with van der Waals surface area (Å²) in [5.74, 6) is 0.771. The molecule has 4 aromatic heterocycles. The highest BCUT2D eigenvalue weighted by Crippen LogP contribution is 2.36. The summed E-state index contributed by atoms with van der Waals surface area (Å²) in [5, 5.41) is 4.19. The van der Waals surface area contributed by atoms with Gasteiger partial charge in [0.2, 0.25) is 0 Å². The highest BCUT2D eigenvalue weighted by atomic mass is 19.1. The second-order valence-corrected chi connectivity index (χ2v) is 9.44. The third-order valence-electron chi connectivity index (χ3n) is 6.84. The van der Waals surface area contributed by atoms with E-state index in [1.54, 1.807) is 65.9 Å². The van der Waals surface area contributed by atoms with Crippen molar-refractivity contribution in [1.82, 2.24) is 38.0 Å². The van der Waals surface area contributed by atoms with Crippen LogP contribution in [-0.4, -0.2) is 44.6 Å². The number of halogens is 1. The van der Waals surface area contributed by atoms with E-state index >= 15 is 4.39 Å². The van der Waals surface area contributed by atoms with E-state index in [0.717, 1.165) is 12.1 Å². The smallest absolute Gasteiger partial charge is 0.328 e. The second-order valence-electron chi connectivity index (χ2n) is 9.44. The summed E-state index contributed by atoms with van der Waals surface area (Å²) in [6.45, 7) is 2.52. The molecule has 194 valence electrons. The van der Waals surface area contributed by atoms with Crippen LogP contribution < -0.4 is 10.4 Å². The zero-order valence-electron chi connectivity index (χ0n) is 21.8. The number of aromatic nitrogens is 8. The second kappa shape index (κ2) is 8.72. The van der Waals surface area contributed by atoms with Crippen LogP contribution in [0.25, 0.3) is 50.4 Å². The van der Waals surface area contributed by atoms with Gasteiger partial charge in [-0.1, -0.05) is 6.92 Å². The van der Waals surface area contributed by atoms with Crippen LogP contribution in [0.5, 0.6) is 5.75 Å². The first-order valence-corrected chi connectivity index (χ1v) is 12.3. The van der Waals surface area contributed by atoms with Crippen molar-refractivity contribution < 1.29 is 9.13 Å². The Morgan fingerprint density at radius 3 is 2.50 bits per heavy atom. The largest absolute Gasteiger partial charge is 0.491 e. The molecule has 0 unspecified atom stereocenters. The molecule has 11 heteroatoms. The van der Waals surface area contributed by atoms with Gasteiger partial charge in [-0.2, -0.15) is 5.10 Å². The van der Waals surface area contributed by atoms with E-state index in [1.807, 2.05) is 35.2 Å². The minimum absolute atomic E-state index is 0.159. The molecule has 0 amide bonds. The number of imidazole rings is 3. The van der Waals surface area contributed by atoms with Gasteiger partial charge in [0, 0.05) is 57.6 Å². The molecule has 38 heavy (non-hydrogen) atoms. The number of benzene rings is 2. The number of aryl methyl sites for hydroxylation is 4. The normalized spacial score (nSPS) is 11.7. The number of hydrogen-bond acceptors (Lipinski definition) is 5. The summed E-state index contributed by atoms with van der Waals surface area (Å²) in [6.07, 6.45) is 7.62. The van der Waals surface area contributed by atoms with Gasteiger partial charge in [0.1, 0.15) is 22.8 Å². The van der Waals surface area contributed by atoms with Crippen LogP contribution in [0.4, 0.5) is 4.39 Å². The average Bonchev–Trinajstić information content (AvgIpc) is 3.66. The fraction of sp³-hybridized carbons (Fsp3) is 0.259. The molecule has 0 spiro atoms. The molecule has 0 aliphatic carbocycles. The van der Waals surface area contributed by atoms with Gasteiger partial charge >= 0.3 is 5.69 Å². The van der Waals surface area contributed by atoms with Crippen molar-refractivity contribution in [2.45, 2.75) is 13.3 Å². The number of fused-ring (bicyclic) bond motifs is 2. The van der Waals surface area contributed by atoms with Crippen LogP contribution in [0.3, 0.4) is 0 Å². The predicted molar refractivity (Wildman–Crippen MR) is 143 cm³/mol. The van der Waals surface area contributed by atoms with Crippen LogP contribution in [0.1, 0.15) is 13.3 Å². The maximum atomic E-state index is 15.6. The van der Waals surface area contributed by atoms with E-state index in [2.05, 4.69) is 10.1 Å². The fourth-order valence-corrected chi connectivity index (χ4v) is 4.93. The van der Waals surface area contributed by atoms with Crippen LogP contribution in [0.2, 0.25) is 0 Å². The van der Waals surface area contributed by atoms with E-state index in [4.69, 9.17) is 9.72 Å². The molecule has 10 nitrogen and oxygen atoms in total. The average molecular weight is 515 g/mol. The summed E-state index contributed by atoms with van der Waals surface area (Å²) in [5.41, 5.74) is 4.96. The van der Waals surface area contributed by atoms with E-state index in [0.29, 0.717) is 57.1 Å². The van der Waals surface area contributed by atoms with Crippen LogP contribution in [-0.2, 0) is 28.2 Å². The lowest BCUT2D eigenvalue weighted by atomic mass is 10.1. The molecule has 0 bridgehead atoms. The van der Waals surface area contributed by atoms with Gasteiger partial charge in [0.25, 0.3) is 0 Å². The number of nitrogens with zero attached hydrogens (tertiary/aromatic N) is 8. The molecule has 0 radical (unpaired) electrons. The quantitative estimate of drug-likeness (QED) is 0.336. The maximum Gasteiger partial charge on any atom is 0.328 e. The van der Waals surface area contributed by atoms with Crippen molar-refractivity contribution >= 4 is 22.1 Å². The summed E-state index contributed by atoms with van der Waals surface area (Å²) in [7, 11) is 7.13. The summed E-state index contributed by atoms with van der Waals surface area (Å²) < 4.78 is 30.3. The molecule has 6 rings (SSSR count). The molecule has 0 fully saturated rings. The Balaban J connectivity index is 1.68. The third-order valence-corrected chi connectivity index (χ3v) is 6.84. The zero-order valence-corrected chi connectivity index (χ0v) is 21.8. The van der Waals surface area contributed by atoms with E-state index in [9.17, 15) is 4.79 Å². The molecule has 0 aliphatic rings. The van der Waals surface area contributed by atoms with Gasteiger partial charge in [0.15, 0.2) is 5.82 Å². The Kier molecular flexibility index (Phi) is 5.44. The Morgan fingerprint density at radius 1 is 1.00 bits per heavy atom. The number of hydrogen-bond donors (Lipinski definition) is 0. The number of ether oxygens (including phenoxy) is 1. The van der Waals surface area contributed by atoms with Gasteiger partial charge in [-0.25, -0.2) is 19.2 Å². The highest BCUT2D eigenvalue weighted by Gasteiger charge is 2.23. The van der Waals surface area contributed by atoms with E-state index in [1.165, 1.54) is 6.07 Å². The van der Waals surface area contributed by atoms with Gasteiger partial charge < -0.3 is 9.30 Å². The Labute approximate surface area is 217 Å². The van der Waals surface area contributed by atoms with E-state index < -0.39 is 0 Å². The lowest BCUT2D eigenvalue weighted by Crippen LogP contribution is -2.19. The van der Waals surface area contributed by atoms with Crippen molar-refractivity contribution in [2.75, 3.05) is 6.61 Å². The zero-order chi connectivity index (χ0) is 26.7. The standard InChI is InChI=1S/C27H27FN8O2/c1-6-7-38-24-9-17(8-22-25(24)35(5)27(37)34(22)4)36-21-11-19(28)18(16-12-30-33(3)14-16)10-20(21)31-26(36)23-13-29-15-32(23)2/h8-15H,6-7H2,1-5H3. The van der Waals surface area contributed by atoms with E-state index in [-0.39, 0.29) is 11.5 Å². The van der Waals surface area contributed by atoms with Crippen molar-refractivity contribution in [1.29, 1.82) is 0 Å². The Hall–Kier alpha value is -4.67. The molecule has 6 aromatic rings. The fourth-order valence-electron chi connectivity index (χ4n) is 4.93. The molecular weight excluding hydrogens is 487 g/mol. The minimum atomic E-state index is -0.390. The molecule has 2 aromatic carbocycles. The topological polar surface area (TPSA) is 89.6 Å². The molecule has 0 N–H and O–H groups in total. The summed E-state index contributed by atoms with van der Waals surface area (Å²) in [6, 6.07) is 7.02. The lowest BCUT2D eigenvalue weighted by Gasteiger charge is -2.14. The highest BCUT2D eigenvalue weighted by molar-refractivity contribution is 5.90. The molecule has 0 saturated heterocycles. The molecular formula is C27H27FN8O2. The summed E-state index contributed by atoms with van der Waals surface area (Å²) in [4.78, 5) is 22.0. The first-order valence-electron chi connectivity index (χ1n) is 12.3. The van der Waals surface area contributed by atoms with Crippen LogP contribution in [0, 0.1) is 5.82 Å². The van der Waals surface area contributed by atoms with Crippen molar-refractivity contribution in [3.05, 3.63) is 65.5 Å². The Morgan fingerprint density at radius 2 is 1.82 bits per heavy atom. The molecule has 0 saturated carbocycles. The minimum Gasteiger partial charge on any atom is -0.491 e. The monoisotopic (exact) mass is 514 g/mol. The first-order chi connectivity index (χ1) is 18.3. The molecule has 0 atom stereocenters. The first kappa shape index (κ1) is 23.7. The molecule has 0 aliphatic heterocycles. The Bertz CT molecular complexity index is 1900. The maximum absolute atomic E-state index is 15.6. The van der Waals surface area contributed by atoms with Gasteiger partial charge in [-0.05, 0) is 18.6 Å². The van der Waals surface area contributed by atoms with Crippen molar-refractivity contribution in [3.63, 3.8) is 0 Å². The molecule has 4 heterocycles. The van der Waals surface area contributed by atoms with Gasteiger partial charge in [0.05, 0.1) is 47.6 Å². The van der Waals surface area contributed by atoms with Gasteiger partial charge in [-0.15, -0.1) is 0 Å². The lowest BCUT2D eigenvalue weighted by molar-refractivity contribution is 0.320. The van der Waals surface area contributed by atoms with Crippen molar-refractivity contribution in [2.24, 2.45) is 28.2 Å². The van der Waals surface area contributed by atoms with Crippen molar-refractivity contribution in [3.8, 4) is 34.1 Å². The predicted octanol–water partition coefficient (Wildman–Crippen LogP) is 3.94. The van der Waals surface area contributed by atoms with Gasteiger partial charge in [-0.3, -0.25) is 18.4 Å². The summed E-state index contributed by atoms with van der Waals surface area (Å²) >= 11 is 0. The van der Waals surface area contributed by atoms with Crippen LogP contribution >= 0.6 is 0 Å². The number of rotatable bonds is 6. The third kappa shape index (κ3) is 3.53.